The first-order chi connectivity index (χ1) is 15.1. The summed E-state index contributed by atoms with van der Waals surface area (Å²) < 4.78 is 13.3. The molecule has 1 aliphatic heterocycles. The molecule has 0 unspecified atom stereocenters. The van der Waals surface area contributed by atoms with Crippen LogP contribution in [0.3, 0.4) is 0 Å². The highest BCUT2D eigenvalue weighted by Crippen LogP contribution is 2.17. The van der Waals surface area contributed by atoms with E-state index in [9.17, 15) is 14.0 Å². The van der Waals surface area contributed by atoms with Crippen LogP contribution in [0.2, 0.25) is 0 Å². The average molecular weight is 458 g/mol. The van der Waals surface area contributed by atoms with Crippen molar-refractivity contribution in [2.45, 2.75) is 6.54 Å². The summed E-state index contributed by atoms with van der Waals surface area (Å²) in [6.45, 7) is 4.70. The number of nitrogens with zero attached hydrogens (tertiary/aromatic N) is 3. The Kier molecular flexibility index (Phi) is 7.11. The van der Waals surface area contributed by atoms with Gasteiger partial charge < -0.3 is 9.80 Å². The standard InChI is InChI=1S/C23H24FN3O2S2/c24-19-7-5-18(6-8-19)17-27(23(29)21-4-2-16-31-21)14-11-25-9-12-26(13-10-25)22(28)20-3-1-15-30-20/h1-8,15-16H,9-14,17H2. The second-order valence-corrected chi connectivity index (χ2v) is 9.34. The van der Waals surface area contributed by atoms with Crippen molar-refractivity contribution in [1.29, 1.82) is 0 Å². The summed E-state index contributed by atoms with van der Waals surface area (Å²) in [5, 5.41) is 3.82. The average Bonchev–Trinajstić information content (AvgIpc) is 3.52. The van der Waals surface area contributed by atoms with Crippen LogP contribution in [-0.2, 0) is 6.54 Å². The van der Waals surface area contributed by atoms with Crippen LogP contribution < -0.4 is 0 Å². The van der Waals surface area contributed by atoms with Crippen molar-refractivity contribution in [3.8, 4) is 0 Å². The van der Waals surface area contributed by atoms with Gasteiger partial charge in [-0.25, -0.2) is 4.39 Å². The van der Waals surface area contributed by atoms with Crippen molar-refractivity contribution in [2.24, 2.45) is 0 Å². The molecule has 4 rings (SSSR count). The van der Waals surface area contributed by atoms with E-state index in [-0.39, 0.29) is 17.6 Å². The molecule has 1 fully saturated rings. The van der Waals surface area contributed by atoms with Crippen LogP contribution in [0.15, 0.2) is 59.3 Å². The van der Waals surface area contributed by atoms with Crippen LogP contribution in [0, 0.1) is 5.82 Å². The van der Waals surface area contributed by atoms with Gasteiger partial charge >= 0.3 is 0 Å². The zero-order chi connectivity index (χ0) is 21.6. The van der Waals surface area contributed by atoms with Gasteiger partial charge in [-0.2, -0.15) is 0 Å². The van der Waals surface area contributed by atoms with Crippen LogP contribution >= 0.6 is 22.7 Å². The number of thiophene rings is 2. The molecule has 0 saturated carbocycles. The maximum atomic E-state index is 13.3. The summed E-state index contributed by atoms with van der Waals surface area (Å²) >= 11 is 2.90. The Morgan fingerprint density at radius 3 is 2.16 bits per heavy atom. The predicted molar refractivity (Wildman–Crippen MR) is 122 cm³/mol. The summed E-state index contributed by atoms with van der Waals surface area (Å²) in [6.07, 6.45) is 0. The van der Waals surface area contributed by atoms with Crippen LogP contribution in [0.5, 0.6) is 0 Å². The van der Waals surface area contributed by atoms with Crippen molar-refractivity contribution in [1.82, 2.24) is 14.7 Å². The number of carbonyl (C=O) groups is 2. The van der Waals surface area contributed by atoms with Gasteiger partial charge in [0, 0.05) is 45.8 Å². The fourth-order valence-electron chi connectivity index (χ4n) is 3.61. The number of carbonyl (C=O) groups excluding carboxylic acids is 2. The third-order valence-corrected chi connectivity index (χ3v) is 7.10. The molecule has 8 heteroatoms. The van der Waals surface area contributed by atoms with E-state index in [1.165, 1.54) is 34.8 Å². The highest BCUT2D eigenvalue weighted by molar-refractivity contribution is 7.12. The van der Waals surface area contributed by atoms with Gasteiger partial charge in [-0.1, -0.05) is 24.3 Å². The Morgan fingerprint density at radius 1 is 0.903 bits per heavy atom. The predicted octanol–water partition coefficient (Wildman–Crippen LogP) is 4.05. The molecule has 3 aromatic rings. The monoisotopic (exact) mass is 457 g/mol. The van der Waals surface area contributed by atoms with E-state index in [1.54, 1.807) is 12.1 Å². The molecule has 2 aromatic heterocycles. The SMILES string of the molecule is O=C(c1cccs1)N1CCN(CCN(Cc2ccc(F)cc2)C(=O)c2cccs2)CC1. The number of amides is 2. The number of hydrogen-bond donors (Lipinski definition) is 0. The number of halogens is 1. The van der Waals surface area contributed by atoms with Crippen LogP contribution in [0.1, 0.15) is 24.9 Å². The summed E-state index contributed by atoms with van der Waals surface area (Å²) in [7, 11) is 0. The molecule has 0 atom stereocenters. The smallest absolute Gasteiger partial charge is 0.264 e. The maximum Gasteiger partial charge on any atom is 0.264 e. The molecular weight excluding hydrogens is 433 g/mol. The molecule has 0 N–H and O–H groups in total. The van der Waals surface area contributed by atoms with Gasteiger partial charge in [-0.15, -0.1) is 22.7 Å². The lowest BCUT2D eigenvalue weighted by atomic mass is 10.2. The van der Waals surface area contributed by atoms with Gasteiger partial charge in [0.05, 0.1) is 9.75 Å². The number of rotatable bonds is 7. The van der Waals surface area contributed by atoms with Crippen LogP contribution in [-0.4, -0.2) is 65.8 Å². The molecule has 1 saturated heterocycles. The van der Waals surface area contributed by atoms with Gasteiger partial charge in [0.25, 0.3) is 11.8 Å². The van der Waals surface area contributed by atoms with Gasteiger partial charge in [0.2, 0.25) is 0 Å². The third-order valence-electron chi connectivity index (χ3n) is 5.38. The second kappa shape index (κ2) is 10.2. The molecule has 31 heavy (non-hydrogen) atoms. The maximum absolute atomic E-state index is 13.3. The van der Waals surface area contributed by atoms with E-state index in [0.717, 1.165) is 30.1 Å². The fraction of sp³-hybridized carbons (Fsp3) is 0.304. The molecule has 1 aliphatic rings. The van der Waals surface area contributed by atoms with E-state index < -0.39 is 0 Å². The van der Waals surface area contributed by atoms with E-state index in [4.69, 9.17) is 0 Å². The van der Waals surface area contributed by atoms with E-state index in [0.29, 0.717) is 31.1 Å². The quantitative estimate of drug-likeness (QED) is 0.538. The first-order valence-electron chi connectivity index (χ1n) is 10.2. The molecule has 162 valence electrons. The number of piperazine rings is 1. The van der Waals surface area contributed by atoms with Crippen LogP contribution in [0.4, 0.5) is 4.39 Å². The molecule has 0 radical (unpaired) electrons. The minimum Gasteiger partial charge on any atom is -0.335 e. The van der Waals surface area contributed by atoms with Gasteiger partial charge in [-0.05, 0) is 40.6 Å². The highest BCUT2D eigenvalue weighted by Gasteiger charge is 2.24. The Hall–Kier alpha value is -2.55. The number of benzene rings is 1. The van der Waals surface area contributed by atoms with Gasteiger partial charge in [0.1, 0.15) is 5.82 Å². The zero-order valence-corrected chi connectivity index (χ0v) is 18.7. The summed E-state index contributed by atoms with van der Waals surface area (Å²) in [5.74, 6) is -0.193. The first kappa shape index (κ1) is 21.7. The Bertz CT molecular complexity index is 983. The second-order valence-electron chi connectivity index (χ2n) is 7.44. The zero-order valence-electron chi connectivity index (χ0n) is 17.1. The Balaban J connectivity index is 1.34. The lowest BCUT2D eigenvalue weighted by Crippen LogP contribution is -2.50. The normalized spacial score (nSPS) is 14.5. The minimum atomic E-state index is -0.283. The van der Waals surface area contributed by atoms with E-state index >= 15 is 0 Å². The van der Waals surface area contributed by atoms with Crippen LogP contribution in [0.25, 0.3) is 0 Å². The third kappa shape index (κ3) is 5.58. The van der Waals surface area contributed by atoms with E-state index in [1.807, 2.05) is 44.8 Å². The Morgan fingerprint density at radius 2 is 1.55 bits per heavy atom. The molecule has 0 spiro atoms. The lowest BCUT2D eigenvalue weighted by molar-refractivity contribution is 0.0603. The van der Waals surface area contributed by atoms with Crippen molar-refractivity contribution >= 4 is 34.5 Å². The highest BCUT2D eigenvalue weighted by atomic mass is 32.1. The summed E-state index contributed by atoms with van der Waals surface area (Å²) in [5.41, 5.74) is 0.901. The summed E-state index contributed by atoms with van der Waals surface area (Å²) in [6, 6.07) is 13.8. The van der Waals surface area contributed by atoms with Gasteiger partial charge in [-0.3, -0.25) is 14.5 Å². The van der Waals surface area contributed by atoms with Crippen molar-refractivity contribution < 1.29 is 14.0 Å². The van der Waals surface area contributed by atoms with Gasteiger partial charge in [0.15, 0.2) is 0 Å². The van der Waals surface area contributed by atoms with Crippen molar-refractivity contribution in [2.75, 3.05) is 39.3 Å². The van der Waals surface area contributed by atoms with Crippen molar-refractivity contribution in [3.63, 3.8) is 0 Å². The van der Waals surface area contributed by atoms with E-state index in [2.05, 4.69) is 4.90 Å². The molecular formula is C23H24FN3O2S2. The molecule has 0 bridgehead atoms. The molecule has 5 nitrogen and oxygen atoms in total. The first-order valence-corrected chi connectivity index (χ1v) is 12.0. The minimum absolute atomic E-state index is 0.00849. The van der Waals surface area contributed by atoms with Crippen molar-refractivity contribution in [3.05, 3.63) is 80.4 Å². The Labute approximate surface area is 189 Å². The fourth-order valence-corrected chi connectivity index (χ4v) is 4.99. The molecule has 1 aromatic carbocycles. The number of hydrogen-bond acceptors (Lipinski definition) is 5. The molecule has 0 aliphatic carbocycles. The summed E-state index contributed by atoms with van der Waals surface area (Å²) in [4.78, 5) is 33.0. The topological polar surface area (TPSA) is 43.9 Å². The largest absolute Gasteiger partial charge is 0.335 e. The molecule has 2 amide bonds. The lowest BCUT2D eigenvalue weighted by Gasteiger charge is -2.35. The molecule has 3 heterocycles.